The maximum absolute atomic E-state index is 12.8. The summed E-state index contributed by atoms with van der Waals surface area (Å²) in [6, 6.07) is 0. The molecule has 0 saturated carbocycles. The average Bonchev–Trinajstić information content (AvgIpc) is 3.29. The van der Waals surface area contributed by atoms with Crippen LogP contribution < -0.4 is 0 Å². The van der Waals surface area contributed by atoms with Crippen LogP contribution in [0.2, 0.25) is 0 Å². The number of carbonyl (C=O) groups is 3. The third kappa shape index (κ3) is 49.1. The zero-order valence-corrected chi connectivity index (χ0v) is 41.3. The van der Waals surface area contributed by atoms with Crippen molar-refractivity contribution in [2.24, 2.45) is 0 Å². The number of ether oxygens (including phenoxy) is 3. The number of hydrogen-bond donors (Lipinski definition) is 0. The normalized spacial score (nSPS) is 13.0. The molecule has 0 aromatic heterocycles. The molecule has 6 nitrogen and oxygen atoms in total. The molecule has 0 amide bonds. The largest absolute Gasteiger partial charge is 0.462 e. The van der Waals surface area contributed by atoms with Gasteiger partial charge in [-0.05, 0) is 109 Å². The van der Waals surface area contributed by atoms with E-state index in [1.54, 1.807) is 0 Å². The predicted octanol–water partition coefficient (Wildman–Crippen LogP) is 17.1. The van der Waals surface area contributed by atoms with Gasteiger partial charge in [0, 0.05) is 19.3 Å². The lowest BCUT2D eigenvalue weighted by molar-refractivity contribution is -0.166. The maximum Gasteiger partial charge on any atom is 0.306 e. The maximum atomic E-state index is 12.8. The van der Waals surface area contributed by atoms with Crippen LogP contribution in [0.25, 0.3) is 0 Å². The number of rotatable bonds is 45. The van der Waals surface area contributed by atoms with Gasteiger partial charge in [-0.1, -0.05) is 201 Å². The van der Waals surface area contributed by atoms with Crippen LogP contribution in [0.5, 0.6) is 0 Å². The van der Waals surface area contributed by atoms with Crippen LogP contribution in [0.3, 0.4) is 0 Å². The highest BCUT2D eigenvalue weighted by atomic mass is 16.6. The molecular weight excluding hydrogens is 793 g/mol. The van der Waals surface area contributed by atoms with E-state index in [1.165, 1.54) is 64.2 Å². The van der Waals surface area contributed by atoms with Gasteiger partial charge in [-0.25, -0.2) is 0 Å². The number of carbonyl (C=O) groups excluding carboxylic acids is 3. The van der Waals surface area contributed by atoms with E-state index in [4.69, 9.17) is 14.2 Å². The first-order valence-corrected chi connectivity index (χ1v) is 25.9. The van der Waals surface area contributed by atoms with Gasteiger partial charge >= 0.3 is 17.9 Å². The Kier molecular flexibility index (Phi) is 48.5. The van der Waals surface area contributed by atoms with Crippen molar-refractivity contribution in [1.82, 2.24) is 0 Å². The van der Waals surface area contributed by atoms with E-state index in [9.17, 15) is 14.4 Å². The number of unbranched alkanes of at least 4 members (excludes halogenated alkanes) is 16. The summed E-state index contributed by atoms with van der Waals surface area (Å²) in [7, 11) is 0. The van der Waals surface area contributed by atoms with Crippen LogP contribution in [0.15, 0.2) is 109 Å². The van der Waals surface area contributed by atoms with Crippen molar-refractivity contribution in [2.45, 2.75) is 226 Å². The number of esters is 3. The summed E-state index contributed by atoms with van der Waals surface area (Å²) in [4.78, 5) is 37.9. The fraction of sp³-hybridized carbons (Fsp3) is 0.638. The molecule has 0 aliphatic rings. The van der Waals surface area contributed by atoms with E-state index in [0.29, 0.717) is 19.3 Å². The van der Waals surface area contributed by atoms with E-state index in [0.717, 1.165) is 109 Å². The molecule has 362 valence electrons. The highest BCUT2D eigenvalue weighted by Gasteiger charge is 2.19. The van der Waals surface area contributed by atoms with E-state index in [-0.39, 0.29) is 37.5 Å². The lowest BCUT2D eigenvalue weighted by atomic mass is 10.1. The first-order chi connectivity index (χ1) is 31.5. The Morgan fingerprint density at radius 2 is 0.641 bits per heavy atom. The lowest BCUT2D eigenvalue weighted by Crippen LogP contribution is -2.30. The zero-order chi connectivity index (χ0) is 46.5. The molecule has 0 rings (SSSR count). The number of hydrogen-bond acceptors (Lipinski definition) is 6. The number of allylic oxidation sites excluding steroid dienone is 18. The highest BCUT2D eigenvalue weighted by molar-refractivity contribution is 5.71. The highest BCUT2D eigenvalue weighted by Crippen LogP contribution is 2.13. The fourth-order valence-electron chi connectivity index (χ4n) is 6.68. The molecule has 1 unspecified atom stereocenters. The summed E-state index contributed by atoms with van der Waals surface area (Å²) in [5, 5.41) is 0. The van der Waals surface area contributed by atoms with Crippen molar-refractivity contribution in [3.63, 3.8) is 0 Å². The molecule has 0 spiro atoms. The smallest absolute Gasteiger partial charge is 0.306 e. The third-order valence-corrected chi connectivity index (χ3v) is 10.5. The monoisotopic (exact) mass is 887 g/mol. The van der Waals surface area contributed by atoms with Gasteiger partial charge in [0.2, 0.25) is 0 Å². The summed E-state index contributed by atoms with van der Waals surface area (Å²) in [5.74, 6) is -1.03. The van der Waals surface area contributed by atoms with E-state index < -0.39 is 6.10 Å². The fourth-order valence-corrected chi connectivity index (χ4v) is 6.68. The van der Waals surface area contributed by atoms with Gasteiger partial charge in [-0.3, -0.25) is 14.4 Å². The van der Waals surface area contributed by atoms with E-state index in [1.807, 2.05) is 6.08 Å². The predicted molar refractivity (Wildman–Crippen MR) is 274 cm³/mol. The van der Waals surface area contributed by atoms with Crippen molar-refractivity contribution < 1.29 is 28.6 Å². The molecule has 0 aromatic carbocycles. The first-order valence-electron chi connectivity index (χ1n) is 25.9. The minimum absolute atomic E-state index is 0.118. The molecule has 0 fully saturated rings. The quantitative estimate of drug-likeness (QED) is 0.0262. The zero-order valence-electron chi connectivity index (χ0n) is 41.3. The lowest BCUT2D eigenvalue weighted by Gasteiger charge is -2.18. The standard InChI is InChI=1S/C58H94O6/c1-4-7-10-13-16-19-22-25-27-28-29-30-31-34-36-39-42-45-48-51-57(60)63-54-55(53-62-56(59)50-47-44-41-38-35-32-24-21-18-15-12-9-6-3)64-58(61)52-49-46-43-40-37-33-26-23-20-17-14-11-8-5-2/h7-8,10-11,16-17,19-20,25,27,29-30,32,34-36,41,44,55H,4-6,9,12-15,18,21-24,26,28,31,33,37-40,42-43,45-54H2,1-3H3/b10-7+,11-8+,19-16+,20-17+,27-25+,30-29+,35-32+,36-34+,44-41+. The second-order valence-electron chi connectivity index (χ2n) is 16.7. The van der Waals surface area contributed by atoms with Gasteiger partial charge < -0.3 is 14.2 Å². The Morgan fingerprint density at radius 1 is 0.328 bits per heavy atom. The molecule has 0 bridgehead atoms. The molecule has 0 saturated heterocycles. The molecule has 0 heterocycles. The summed E-state index contributed by atoms with van der Waals surface area (Å²) in [6.45, 7) is 6.31. The van der Waals surface area contributed by atoms with Gasteiger partial charge in [0.15, 0.2) is 6.10 Å². The minimum Gasteiger partial charge on any atom is -0.462 e. The van der Waals surface area contributed by atoms with Crippen LogP contribution in [-0.4, -0.2) is 37.2 Å². The Labute approximate surface area is 393 Å². The van der Waals surface area contributed by atoms with Crippen molar-refractivity contribution in [3.8, 4) is 0 Å². The minimum atomic E-state index is -0.820. The van der Waals surface area contributed by atoms with Crippen LogP contribution in [0.4, 0.5) is 0 Å². The molecule has 0 aliphatic heterocycles. The Balaban J connectivity index is 4.52. The van der Waals surface area contributed by atoms with Crippen molar-refractivity contribution in [1.29, 1.82) is 0 Å². The van der Waals surface area contributed by atoms with Gasteiger partial charge in [0.1, 0.15) is 13.2 Å². The summed E-state index contributed by atoms with van der Waals surface area (Å²) < 4.78 is 16.7. The summed E-state index contributed by atoms with van der Waals surface area (Å²) in [5.41, 5.74) is 0. The molecule has 0 aliphatic carbocycles. The van der Waals surface area contributed by atoms with Crippen molar-refractivity contribution in [2.75, 3.05) is 13.2 Å². The second kappa shape index (κ2) is 51.7. The third-order valence-electron chi connectivity index (χ3n) is 10.5. The van der Waals surface area contributed by atoms with Gasteiger partial charge in [-0.2, -0.15) is 0 Å². The summed E-state index contributed by atoms with van der Waals surface area (Å²) >= 11 is 0. The Bertz CT molecular complexity index is 1340. The Hall–Kier alpha value is -3.93. The van der Waals surface area contributed by atoms with Crippen LogP contribution in [-0.2, 0) is 28.6 Å². The molecule has 1 atom stereocenters. The second-order valence-corrected chi connectivity index (χ2v) is 16.7. The van der Waals surface area contributed by atoms with Gasteiger partial charge in [-0.15, -0.1) is 0 Å². The van der Waals surface area contributed by atoms with Crippen LogP contribution >= 0.6 is 0 Å². The Morgan fingerprint density at radius 3 is 1.06 bits per heavy atom. The first kappa shape index (κ1) is 60.1. The molecule has 0 radical (unpaired) electrons. The van der Waals surface area contributed by atoms with Crippen molar-refractivity contribution in [3.05, 3.63) is 109 Å². The van der Waals surface area contributed by atoms with Crippen LogP contribution in [0, 0.1) is 0 Å². The van der Waals surface area contributed by atoms with Gasteiger partial charge in [0.25, 0.3) is 0 Å². The SMILES string of the molecule is CC/C=C/C/C=C/C/C=C/C/C=C/C/C=C/CCCCCC(=O)OCC(COC(=O)CC/C=C/C/C=C/CCCCCCCC)OC(=O)CCCCCCCCC/C=C/C/C=C/CC. The topological polar surface area (TPSA) is 78.9 Å². The molecule has 64 heavy (non-hydrogen) atoms. The molecule has 0 aromatic rings. The van der Waals surface area contributed by atoms with E-state index in [2.05, 4.69) is 124 Å². The summed E-state index contributed by atoms with van der Waals surface area (Å²) in [6.07, 6.45) is 69.4. The van der Waals surface area contributed by atoms with Crippen molar-refractivity contribution >= 4 is 17.9 Å². The molecule has 0 N–H and O–H groups in total. The molecular formula is C58H94O6. The van der Waals surface area contributed by atoms with Crippen LogP contribution in [0.1, 0.15) is 220 Å². The van der Waals surface area contributed by atoms with Gasteiger partial charge in [0.05, 0.1) is 0 Å². The van der Waals surface area contributed by atoms with E-state index >= 15 is 0 Å². The average molecular weight is 887 g/mol. The molecule has 6 heteroatoms.